The number of nitrogen functional groups attached to an aromatic ring is 1. The minimum atomic E-state index is 0.480. The van der Waals surface area contributed by atoms with Crippen molar-refractivity contribution in [3.05, 3.63) is 18.5 Å². The van der Waals surface area contributed by atoms with E-state index in [-0.39, 0.29) is 0 Å². The Balaban J connectivity index is 1.99. The lowest BCUT2D eigenvalue weighted by atomic mass is 10.1. The van der Waals surface area contributed by atoms with Gasteiger partial charge in [-0.05, 0) is 18.9 Å². The third-order valence-corrected chi connectivity index (χ3v) is 2.43. The first-order chi connectivity index (χ1) is 6.86. The topological polar surface area (TPSA) is 60.2 Å². The highest BCUT2D eigenvalue weighted by molar-refractivity contribution is 5.64. The largest absolute Gasteiger partial charge is 0.396 e. The van der Waals surface area contributed by atoms with Crippen LogP contribution in [-0.2, 0) is 4.74 Å². The Morgan fingerprint density at radius 1 is 1.43 bits per heavy atom. The zero-order valence-corrected chi connectivity index (χ0v) is 8.07. The van der Waals surface area contributed by atoms with Gasteiger partial charge in [-0.2, -0.15) is 0 Å². The van der Waals surface area contributed by atoms with Crippen LogP contribution in [0.15, 0.2) is 18.5 Å². The van der Waals surface area contributed by atoms with Crippen LogP contribution in [0, 0.1) is 0 Å². The summed E-state index contributed by atoms with van der Waals surface area (Å²) < 4.78 is 5.28. The van der Waals surface area contributed by atoms with Gasteiger partial charge in [0, 0.05) is 25.5 Å². The van der Waals surface area contributed by atoms with Crippen molar-refractivity contribution >= 4 is 11.4 Å². The molecule has 0 bridgehead atoms. The molecule has 0 amide bonds. The monoisotopic (exact) mass is 193 g/mol. The van der Waals surface area contributed by atoms with E-state index in [1.165, 1.54) is 0 Å². The number of nitrogens with one attached hydrogen (secondary N) is 1. The van der Waals surface area contributed by atoms with Gasteiger partial charge < -0.3 is 15.8 Å². The summed E-state index contributed by atoms with van der Waals surface area (Å²) in [5.41, 5.74) is 7.47. The molecule has 4 heteroatoms. The Morgan fingerprint density at radius 3 is 2.93 bits per heavy atom. The van der Waals surface area contributed by atoms with Crippen molar-refractivity contribution in [3.8, 4) is 0 Å². The van der Waals surface area contributed by atoms with Gasteiger partial charge in [-0.1, -0.05) is 0 Å². The van der Waals surface area contributed by atoms with Crippen molar-refractivity contribution in [3.63, 3.8) is 0 Å². The highest BCUT2D eigenvalue weighted by Gasteiger charge is 2.13. The van der Waals surface area contributed by atoms with E-state index in [9.17, 15) is 0 Å². The molecule has 1 aromatic rings. The number of hydrogen-bond acceptors (Lipinski definition) is 4. The molecule has 76 valence electrons. The second-order valence-electron chi connectivity index (χ2n) is 3.49. The third-order valence-electron chi connectivity index (χ3n) is 2.43. The average Bonchev–Trinajstić information content (AvgIpc) is 2.23. The first-order valence-electron chi connectivity index (χ1n) is 4.90. The molecule has 1 fully saturated rings. The lowest BCUT2D eigenvalue weighted by molar-refractivity contribution is 0.0904. The van der Waals surface area contributed by atoms with E-state index in [0.717, 1.165) is 31.7 Å². The quantitative estimate of drug-likeness (QED) is 0.742. The summed E-state index contributed by atoms with van der Waals surface area (Å²) in [6.07, 6.45) is 5.50. The molecule has 0 aromatic carbocycles. The average molecular weight is 193 g/mol. The van der Waals surface area contributed by atoms with Crippen LogP contribution in [0.1, 0.15) is 12.8 Å². The Morgan fingerprint density at radius 2 is 2.21 bits per heavy atom. The molecular weight excluding hydrogens is 178 g/mol. The molecule has 14 heavy (non-hydrogen) atoms. The molecular formula is C10H15N3O. The lowest BCUT2D eigenvalue weighted by Gasteiger charge is -2.24. The zero-order chi connectivity index (χ0) is 9.80. The molecule has 0 atom stereocenters. The van der Waals surface area contributed by atoms with Crippen molar-refractivity contribution in [2.75, 3.05) is 24.3 Å². The van der Waals surface area contributed by atoms with Gasteiger partial charge in [-0.3, -0.25) is 4.98 Å². The van der Waals surface area contributed by atoms with Gasteiger partial charge in [0.05, 0.1) is 17.6 Å². The number of aromatic nitrogens is 1. The first-order valence-corrected chi connectivity index (χ1v) is 4.90. The molecule has 0 saturated carbocycles. The van der Waals surface area contributed by atoms with Crippen LogP contribution in [0.5, 0.6) is 0 Å². The number of hydrogen-bond donors (Lipinski definition) is 2. The minimum Gasteiger partial charge on any atom is -0.396 e. The fourth-order valence-electron chi connectivity index (χ4n) is 1.60. The van der Waals surface area contributed by atoms with Gasteiger partial charge in [0.1, 0.15) is 0 Å². The molecule has 3 N–H and O–H groups in total. The Bertz CT molecular complexity index is 297. The molecule has 1 saturated heterocycles. The number of nitrogens with two attached hydrogens (primary N) is 1. The summed E-state index contributed by atoms with van der Waals surface area (Å²) in [5, 5.41) is 3.40. The molecule has 4 nitrogen and oxygen atoms in total. The Hall–Kier alpha value is -1.29. The molecule has 0 aliphatic carbocycles. The van der Waals surface area contributed by atoms with Gasteiger partial charge in [-0.15, -0.1) is 0 Å². The van der Waals surface area contributed by atoms with Gasteiger partial charge in [0.2, 0.25) is 0 Å². The molecule has 2 heterocycles. The van der Waals surface area contributed by atoms with Crippen LogP contribution in [0.4, 0.5) is 11.4 Å². The Labute approximate surface area is 83.5 Å². The number of anilines is 2. The number of ether oxygens (including phenoxy) is 1. The van der Waals surface area contributed by atoms with Crippen LogP contribution in [0.3, 0.4) is 0 Å². The van der Waals surface area contributed by atoms with E-state index in [4.69, 9.17) is 10.5 Å². The number of nitrogens with zero attached hydrogens (tertiary/aromatic N) is 1. The zero-order valence-electron chi connectivity index (χ0n) is 8.07. The van der Waals surface area contributed by atoms with Crippen molar-refractivity contribution in [1.82, 2.24) is 4.98 Å². The maximum Gasteiger partial charge on any atom is 0.0736 e. The van der Waals surface area contributed by atoms with Crippen LogP contribution < -0.4 is 11.1 Å². The number of rotatable bonds is 2. The van der Waals surface area contributed by atoms with Crippen molar-refractivity contribution in [2.24, 2.45) is 0 Å². The fraction of sp³-hybridized carbons (Fsp3) is 0.500. The van der Waals surface area contributed by atoms with Crippen LogP contribution in [0.2, 0.25) is 0 Å². The molecule has 1 aliphatic heterocycles. The first kappa shape index (κ1) is 9.27. The maximum absolute atomic E-state index is 5.78. The van der Waals surface area contributed by atoms with E-state index in [1.807, 2.05) is 6.07 Å². The molecule has 0 spiro atoms. The van der Waals surface area contributed by atoms with Crippen molar-refractivity contribution in [1.29, 1.82) is 0 Å². The summed E-state index contributed by atoms with van der Waals surface area (Å²) in [6, 6.07) is 2.39. The van der Waals surface area contributed by atoms with E-state index < -0.39 is 0 Å². The highest BCUT2D eigenvalue weighted by atomic mass is 16.5. The fourth-order valence-corrected chi connectivity index (χ4v) is 1.60. The molecule has 0 radical (unpaired) electrons. The van der Waals surface area contributed by atoms with Gasteiger partial charge in [0.15, 0.2) is 0 Å². The SMILES string of the molecule is Nc1cnccc1NC1CCOCC1. The summed E-state index contributed by atoms with van der Waals surface area (Å²) in [4.78, 5) is 3.95. The van der Waals surface area contributed by atoms with Gasteiger partial charge in [0.25, 0.3) is 0 Å². The summed E-state index contributed by atoms with van der Waals surface area (Å²) in [6.45, 7) is 1.67. The maximum atomic E-state index is 5.78. The van der Waals surface area contributed by atoms with Crippen molar-refractivity contribution < 1.29 is 4.74 Å². The summed E-state index contributed by atoms with van der Waals surface area (Å²) >= 11 is 0. The number of pyridine rings is 1. The molecule has 0 unspecified atom stereocenters. The van der Waals surface area contributed by atoms with Gasteiger partial charge >= 0.3 is 0 Å². The normalized spacial score (nSPS) is 18.0. The second-order valence-corrected chi connectivity index (χ2v) is 3.49. The lowest BCUT2D eigenvalue weighted by Crippen LogP contribution is -2.28. The molecule has 1 aromatic heterocycles. The van der Waals surface area contributed by atoms with Crippen LogP contribution in [-0.4, -0.2) is 24.2 Å². The molecule has 2 rings (SSSR count). The predicted octanol–water partition coefficient (Wildman–Crippen LogP) is 1.25. The van der Waals surface area contributed by atoms with E-state index >= 15 is 0 Å². The summed E-state index contributed by atoms with van der Waals surface area (Å²) in [5.74, 6) is 0. The van der Waals surface area contributed by atoms with Crippen molar-refractivity contribution in [2.45, 2.75) is 18.9 Å². The van der Waals surface area contributed by atoms with E-state index in [0.29, 0.717) is 11.7 Å². The molecule has 1 aliphatic rings. The third kappa shape index (κ3) is 2.14. The highest BCUT2D eigenvalue weighted by Crippen LogP contribution is 2.19. The minimum absolute atomic E-state index is 0.480. The van der Waals surface area contributed by atoms with E-state index in [2.05, 4.69) is 10.3 Å². The standard InChI is InChI=1S/C10H15N3O/c11-9-7-12-4-1-10(9)13-8-2-5-14-6-3-8/h1,4,7-8H,2-3,5-6,11H2,(H,12,13). The smallest absolute Gasteiger partial charge is 0.0736 e. The van der Waals surface area contributed by atoms with Crippen LogP contribution in [0.25, 0.3) is 0 Å². The van der Waals surface area contributed by atoms with E-state index in [1.54, 1.807) is 12.4 Å². The predicted molar refractivity (Wildman–Crippen MR) is 56.1 cm³/mol. The second kappa shape index (κ2) is 4.28. The van der Waals surface area contributed by atoms with Crippen LogP contribution >= 0.6 is 0 Å². The summed E-state index contributed by atoms with van der Waals surface area (Å²) in [7, 11) is 0. The van der Waals surface area contributed by atoms with Gasteiger partial charge in [-0.25, -0.2) is 0 Å². The Kier molecular flexibility index (Phi) is 2.84.